The fraction of sp³-hybridized carbons (Fsp3) is 0.182. The summed E-state index contributed by atoms with van der Waals surface area (Å²) < 4.78 is 11.6. The second-order valence-electron chi connectivity index (χ2n) is 6.34. The smallest absolute Gasteiger partial charge is 0.254 e. The number of hydrogen-bond donors (Lipinski definition) is 0. The highest BCUT2D eigenvalue weighted by molar-refractivity contribution is 5.94. The van der Waals surface area contributed by atoms with Gasteiger partial charge < -0.3 is 14.4 Å². The number of nitrogens with zero attached hydrogens (tertiary/aromatic N) is 2. The number of morpholine rings is 1. The number of aromatic nitrogens is 1. The summed E-state index contributed by atoms with van der Waals surface area (Å²) in [5.41, 5.74) is 1.73. The highest BCUT2D eigenvalue weighted by Gasteiger charge is 2.26. The van der Waals surface area contributed by atoms with Gasteiger partial charge in [-0.3, -0.25) is 9.78 Å². The molecule has 5 heteroatoms. The van der Waals surface area contributed by atoms with Gasteiger partial charge in [0.2, 0.25) is 0 Å². The van der Waals surface area contributed by atoms with E-state index in [1.807, 2.05) is 47.4 Å². The molecule has 0 N–H and O–H groups in total. The second-order valence-corrected chi connectivity index (χ2v) is 6.34. The van der Waals surface area contributed by atoms with E-state index in [2.05, 4.69) is 4.98 Å². The third-order valence-electron chi connectivity index (χ3n) is 4.50. The molecule has 0 spiro atoms. The lowest BCUT2D eigenvalue weighted by atomic mass is 10.1. The van der Waals surface area contributed by atoms with Crippen molar-refractivity contribution in [3.05, 3.63) is 90.3 Å². The normalized spacial score (nSPS) is 16.7. The molecule has 1 atom stereocenters. The van der Waals surface area contributed by atoms with Crippen molar-refractivity contribution in [2.45, 2.75) is 6.10 Å². The molecular weight excluding hydrogens is 340 g/mol. The van der Waals surface area contributed by atoms with Crippen LogP contribution in [-0.2, 0) is 4.74 Å². The van der Waals surface area contributed by atoms with Crippen LogP contribution in [0.4, 0.5) is 0 Å². The van der Waals surface area contributed by atoms with Gasteiger partial charge in [0.25, 0.3) is 5.91 Å². The molecule has 5 nitrogen and oxygen atoms in total. The summed E-state index contributed by atoms with van der Waals surface area (Å²) in [6.07, 6.45) is 3.26. The van der Waals surface area contributed by atoms with Crippen molar-refractivity contribution < 1.29 is 14.3 Å². The van der Waals surface area contributed by atoms with Gasteiger partial charge in [-0.1, -0.05) is 30.3 Å². The van der Waals surface area contributed by atoms with Crippen molar-refractivity contribution in [3.8, 4) is 11.5 Å². The molecule has 1 aliphatic rings. The molecule has 136 valence electrons. The second kappa shape index (κ2) is 8.01. The van der Waals surface area contributed by atoms with Gasteiger partial charge in [-0.25, -0.2) is 0 Å². The van der Waals surface area contributed by atoms with Gasteiger partial charge in [0.15, 0.2) is 0 Å². The van der Waals surface area contributed by atoms with E-state index in [1.54, 1.807) is 36.7 Å². The van der Waals surface area contributed by atoms with E-state index in [0.29, 0.717) is 36.8 Å². The first-order valence-electron chi connectivity index (χ1n) is 8.93. The zero-order chi connectivity index (χ0) is 18.5. The number of ether oxygens (including phenoxy) is 2. The minimum Gasteiger partial charge on any atom is -0.456 e. The van der Waals surface area contributed by atoms with Crippen molar-refractivity contribution in [3.63, 3.8) is 0 Å². The van der Waals surface area contributed by atoms with Crippen LogP contribution in [0.2, 0.25) is 0 Å². The summed E-state index contributed by atoms with van der Waals surface area (Å²) in [5, 5.41) is 0. The van der Waals surface area contributed by atoms with Crippen molar-refractivity contribution in [2.24, 2.45) is 0 Å². The Morgan fingerprint density at radius 1 is 1.00 bits per heavy atom. The number of benzene rings is 2. The third kappa shape index (κ3) is 4.15. The average Bonchev–Trinajstić information content (AvgIpc) is 2.75. The minimum absolute atomic E-state index is 0.00663. The van der Waals surface area contributed by atoms with E-state index in [-0.39, 0.29) is 12.0 Å². The van der Waals surface area contributed by atoms with E-state index in [0.717, 1.165) is 5.56 Å². The van der Waals surface area contributed by atoms with E-state index in [4.69, 9.17) is 9.47 Å². The third-order valence-corrected chi connectivity index (χ3v) is 4.50. The Balaban J connectivity index is 1.43. The van der Waals surface area contributed by atoms with Crippen LogP contribution in [0.3, 0.4) is 0 Å². The van der Waals surface area contributed by atoms with Crippen LogP contribution in [0, 0.1) is 0 Å². The van der Waals surface area contributed by atoms with Crippen LogP contribution in [-0.4, -0.2) is 35.5 Å². The SMILES string of the molecule is O=C(c1ccc(Oc2cccnc2)cc1)N1CCO[C@H](c2ccccc2)C1. The molecule has 1 fully saturated rings. The lowest BCUT2D eigenvalue weighted by Gasteiger charge is -2.33. The first-order chi connectivity index (χ1) is 13.3. The number of hydrogen-bond acceptors (Lipinski definition) is 4. The van der Waals surface area contributed by atoms with Crippen molar-refractivity contribution >= 4 is 5.91 Å². The Hall–Kier alpha value is -3.18. The lowest BCUT2D eigenvalue weighted by Crippen LogP contribution is -2.42. The van der Waals surface area contributed by atoms with Crippen molar-refractivity contribution in [1.82, 2.24) is 9.88 Å². The zero-order valence-electron chi connectivity index (χ0n) is 14.8. The molecule has 1 amide bonds. The molecule has 2 heterocycles. The number of rotatable bonds is 4. The maximum atomic E-state index is 12.9. The highest BCUT2D eigenvalue weighted by atomic mass is 16.5. The van der Waals surface area contributed by atoms with E-state index in [9.17, 15) is 4.79 Å². The number of carbonyl (C=O) groups excluding carboxylic acids is 1. The van der Waals surface area contributed by atoms with E-state index < -0.39 is 0 Å². The fourth-order valence-corrected chi connectivity index (χ4v) is 3.09. The molecule has 0 unspecified atom stereocenters. The number of amides is 1. The molecule has 1 aromatic heterocycles. The first-order valence-corrected chi connectivity index (χ1v) is 8.93. The Morgan fingerprint density at radius 3 is 2.56 bits per heavy atom. The molecule has 4 rings (SSSR count). The van der Waals surface area contributed by atoms with Gasteiger partial charge in [0, 0.05) is 18.3 Å². The van der Waals surface area contributed by atoms with Crippen LogP contribution in [0.5, 0.6) is 11.5 Å². The Labute approximate surface area is 158 Å². The largest absolute Gasteiger partial charge is 0.456 e. The van der Waals surface area contributed by atoms with Crippen LogP contribution in [0.1, 0.15) is 22.0 Å². The van der Waals surface area contributed by atoms with Gasteiger partial charge >= 0.3 is 0 Å². The summed E-state index contributed by atoms with van der Waals surface area (Å²) in [4.78, 5) is 18.7. The first kappa shape index (κ1) is 17.2. The molecule has 0 radical (unpaired) electrons. The summed E-state index contributed by atoms with van der Waals surface area (Å²) in [6, 6.07) is 20.8. The molecule has 2 aromatic carbocycles. The Bertz CT molecular complexity index is 882. The van der Waals surface area contributed by atoms with Gasteiger partial charge in [-0.15, -0.1) is 0 Å². The summed E-state index contributed by atoms with van der Waals surface area (Å²) in [5.74, 6) is 1.34. The quantitative estimate of drug-likeness (QED) is 0.703. The van der Waals surface area contributed by atoms with Crippen LogP contribution >= 0.6 is 0 Å². The van der Waals surface area contributed by atoms with Crippen LogP contribution in [0.25, 0.3) is 0 Å². The zero-order valence-corrected chi connectivity index (χ0v) is 14.8. The molecule has 0 saturated carbocycles. The molecule has 0 bridgehead atoms. The highest BCUT2D eigenvalue weighted by Crippen LogP contribution is 2.24. The van der Waals surface area contributed by atoms with E-state index in [1.165, 1.54) is 0 Å². The number of pyridine rings is 1. The predicted octanol–water partition coefficient (Wildman–Crippen LogP) is 4.09. The predicted molar refractivity (Wildman–Crippen MR) is 102 cm³/mol. The van der Waals surface area contributed by atoms with Gasteiger partial charge in [-0.05, 0) is 42.0 Å². The average molecular weight is 360 g/mol. The maximum absolute atomic E-state index is 12.9. The minimum atomic E-state index is -0.0860. The Morgan fingerprint density at radius 2 is 1.81 bits per heavy atom. The van der Waals surface area contributed by atoms with Crippen molar-refractivity contribution in [1.29, 1.82) is 0 Å². The molecule has 1 aliphatic heterocycles. The lowest BCUT2D eigenvalue weighted by molar-refractivity contribution is -0.0228. The van der Waals surface area contributed by atoms with Crippen LogP contribution < -0.4 is 4.74 Å². The molecule has 0 aliphatic carbocycles. The summed E-state index contributed by atoms with van der Waals surface area (Å²) in [6.45, 7) is 1.68. The van der Waals surface area contributed by atoms with Gasteiger partial charge in [0.05, 0.1) is 19.3 Å². The molecule has 27 heavy (non-hydrogen) atoms. The van der Waals surface area contributed by atoms with Gasteiger partial charge in [0.1, 0.15) is 17.6 Å². The topological polar surface area (TPSA) is 51.7 Å². The number of carbonyl (C=O) groups is 1. The summed E-state index contributed by atoms with van der Waals surface area (Å²) >= 11 is 0. The van der Waals surface area contributed by atoms with E-state index >= 15 is 0 Å². The molecule has 1 saturated heterocycles. The molecule has 3 aromatic rings. The summed E-state index contributed by atoms with van der Waals surface area (Å²) in [7, 11) is 0. The maximum Gasteiger partial charge on any atom is 0.254 e. The van der Waals surface area contributed by atoms with Gasteiger partial charge in [-0.2, -0.15) is 0 Å². The van der Waals surface area contributed by atoms with Crippen molar-refractivity contribution in [2.75, 3.05) is 19.7 Å². The standard InChI is InChI=1S/C22H20N2O3/c25-22(24-13-14-26-21(16-24)17-5-2-1-3-6-17)18-8-10-19(11-9-18)27-20-7-4-12-23-15-20/h1-12,15,21H,13-14,16H2/t21-/m0/s1. The monoisotopic (exact) mass is 360 g/mol. The molecular formula is C22H20N2O3. The fourth-order valence-electron chi connectivity index (χ4n) is 3.09. The Kier molecular flexibility index (Phi) is 5.12. The van der Waals surface area contributed by atoms with Crippen LogP contribution in [0.15, 0.2) is 79.1 Å².